The highest BCUT2D eigenvalue weighted by Crippen LogP contribution is 2.37. The van der Waals surface area contributed by atoms with Gasteiger partial charge in [-0.25, -0.2) is 4.98 Å². The number of nitrogens with zero attached hydrogens (tertiary/aromatic N) is 2. The summed E-state index contributed by atoms with van der Waals surface area (Å²) in [5.41, 5.74) is 4.49. The number of benzene rings is 2. The van der Waals surface area contributed by atoms with Gasteiger partial charge in [-0.3, -0.25) is 5.41 Å². The van der Waals surface area contributed by atoms with E-state index >= 15 is 0 Å². The van der Waals surface area contributed by atoms with Gasteiger partial charge in [0.2, 0.25) is 0 Å². The molecule has 1 aliphatic rings. The van der Waals surface area contributed by atoms with Crippen molar-refractivity contribution in [2.45, 2.75) is 20.8 Å². The molecule has 0 saturated heterocycles. The Morgan fingerprint density at radius 2 is 1.79 bits per heavy atom. The number of rotatable bonds is 5. The number of aryl methyl sites for hydroxylation is 2. The average molecular weight is 406 g/mol. The topological polar surface area (TPSA) is 69.4 Å². The van der Waals surface area contributed by atoms with E-state index in [-0.39, 0.29) is 18.1 Å². The second-order valence-corrected chi connectivity index (χ2v) is 8.18. The van der Waals surface area contributed by atoms with Crippen LogP contribution < -0.4 is 9.64 Å². The molecule has 0 unspecified atom stereocenters. The molecule has 148 valence electrons. The molecule has 5 nitrogen and oxygen atoms in total. The van der Waals surface area contributed by atoms with Crippen LogP contribution in [0.1, 0.15) is 22.4 Å². The van der Waals surface area contributed by atoms with Gasteiger partial charge in [0.05, 0.1) is 24.4 Å². The van der Waals surface area contributed by atoms with Crippen LogP contribution in [0.2, 0.25) is 0 Å². The molecule has 3 aromatic rings. The summed E-state index contributed by atoms with van der Waals surface area (Å²) in [6, 6.07) is 15.8. The molecule has 0 radical (unpaired) electrons. The maximum Gasteiger partial charge on any atom is 0.139 e. The molecule has 0 bridgehead atoms. The lowest BCUT2D eigenvalue weighted by Gasteiger charge is -2.19. The second-order valence-electron chi connectivity index (χ2n) is 6.97. The molecule has 0 saturated carbocycles. The maximum atomic E-state index is 10.6. The van der Waals surface area contributed by atoms with Gasteiger partial charge < -0.3 is 14.7 Å². The Hall–Kier alpha value is -3.12. The summed E-state index contributed by atoms with van der Waals surface area (Å²) in [5.74, 6) is 1.22. The Kier molecular flexibility index (Phi) is 5.11. The fourth-order valence-electron chi connectivity index (χ4n) is 3.40. The summed E-state index contributed by atoms with van der Waals surface area (Å²) in [7, 11) is 0. The van der Waals surface area contributed by atoms with Crippen LogP contribution in [0.3, 0.4) is 0 Å². The van der Waals surface area contributed by atoms with E-state index in [9.17, 15) is 5.11 Å². The highest BCUT2D eigenvalue weighted by molar-refractivity contribution is 7.13. The Morgan fingerprint density at radius 3 is 2.45 bits per heavy atom. The van der Waals surface area contributed by atoms with Crippen molar-refractivity contribution in [1.29, 1.82) is 5.41 Å². The Morgan fingerprint density at radius 1 is 1.10 bits per heavy atom. The smallest absolute Gasteiger partial charge is 0.139 e. The molecule has 2 aromatic carbocycles. The van der Waals surface area contributed by atoms with Crippen LogP contribution >= 0.6 is 11.3 Å². The van der Waals surface area contributed by atoms with Crippen molar-refractivity contribution in [2.24, 2.45) is 0 Å². The van der Waals surface area contributed by atoms with Crippen molar-refractivity contribution in [3.63, 3.8) is 0 Å². The summed E-state index contributed by atoms with van der Waals surface area (Å²) in [6.07, 6.45) is 0. The Balaban J connectivity index is 1.62. The van der Waals surface area contributed by atoms with Crippen molar-refractivity contribution in [1.82, 2.24) is 4.98 Å². The van der Waals surface area contributed by atoms with Crippen LogP contribution in [0.5, 0.6) is 5.75 Å². The minimum Gasteiger partial charge on any atom is -0.510 e. The van der Waals surface area contributed by atoms with E-state index in [4.69, 9.17) is 15.1 Å². The van der Waals surface area contributed by atoms with Gasteiger partial charge in [-0.05, 0) is 45.0 Å². The maximum absolute atomic E-state index is 10.6. The molecular formula is C23H23N3O2S. The molecule has 1 aromatic heterocycles. The molecule has 6 heteroatoms. The minimum atomic E-state index is 0.174. The number of anilines is 1. The van der Waals surface area contributed by atoms with E-state index in [2.05, 4.69) is 31.2 Å². The lowest BCUT2D eigenvalue weighted by molar-refractivity contribution is 0.340. The molecule has 0 aliphatic carbocycles. The lowest BCUT2D eigenvalue weighted by atomic mass is 10.1. The first-order valence-electron chi connectivity index (χ1n) is 9.54. The standard InChI is InChI=1S/C23H23N3O2S/c1-4-28-18-11-9-17(10-12-18)26-13-19(27)20(22(26)24)23-25-21(15(3)29-23)16-7-5-14(2)6-8-16/h5-12,24,27H,4,13H2,1-3H3. The number of thiazole rings is 1. The van der Waals surface area contributed by atoms with Crippen LogP contribution in [0.15, 0.2) is 54.3 Å². The van der Waals surface area contributed by atoms with Crippen LogP contribution in [0, 0.1) is 19.3 Å². The zero-order valence-corrected chi connectivity index (χ0v) is 17.5. The van der Waals surface area contributed by atoms with Crippen LogP contribution in [-0.2, 0) is 0 Å². The number of hydrogen-bond acceptors (Lipinski definition) is 5. The van der Waals surface area contributed by atoms with Crippen molar-refractivity contribution in [3.8, 4) is 17.0 Å². The van der Waals surface area contributed by atoms with Crippen LogP contribution in [-0.4, -0.2) is 29.1 Å². The van der Waals surface area contributed by atoms with Gasteiger partial charge in [-0.1, -0.05) is 29.8 Å². The van der Waals surface area contributed by atoms with Gasteiger partial charge in [0.25, 0.3) is 0 Å². The molecule has 2 heterocycles. The number of hydrogen-bond donors (Lipinski definition) is 2. The molecule has 2 N–H and O–H groups in total. The zero-order valence-electron chi connectivity index (χ0n) is 16.7. The second kappa shape index (κ2) is 7.72. The van der Waals surface area contributed by atoms with Gasteiger partial charge in [-0.2, -0.15) is 0 Å². The molecular weight excluding hydrogens is 382 g/mol. The SMILES string of the molecule is CCOc1ccc(N2CC(O)=C(c3nc(-c4ccc(C)cc4)c(C)s3)C2=N)cc1. The van der Waals surface area contributed by atoms with Crippen LogP contribution in [0.25, 0.3) is 16.8 Å². The number of aromatic nitrogens is 1. The third-order valence-corrected chi connectivity index (χ3v) is 5.89. The van der Waals surface area contributed by atoms with Crippen molar-refractivity contribution in [3.05, 3.63) is 69.7 Å². The molecule has 0 atom stereocenters. The van der Waals surface area contributed by atoms with Crippen LogP contribution in [0.4, 0.5) is 5.69 Å². The third-order valence-electron chi connectivity index (χ3n) is 4.90. The van der Waals surface area contributed by atoms with E-state index in [0.717, 1.165) is 27.6 Å². The van der Waals surface area contributed by atoms with E-state index in [1.165, 1.54) is 16.9 Å². The minimum absolute atomic E-state index is 0.174. The van der Waals surface area contributed by atoms with Gasteiger partial charge in [-0.15, -0.1) is 11.3 Å². The predicted molar refractivity (Wildman–Crippen MR) is 119 cm³/mol. The first-order valence-corrected chi connectivity index (χ1v) is 10.4. The van der Waals surface area contributed by atoms with E-state index < -0.39 is 0 Å². The summed E-state index contributed by atoms with van der Waals surface area (Å²) in [4.78, 5) is 7.62. The molecule has 29 heavy (non-hydrogen) atoms. The molecule has 4 rings (SSSR count). The fourth-order valence-corrected chi connectivity index (χ4v) is 4.40. The molecule has 0 amide bonds. The average Bonchev–Trinajstić information content (AvgIpc) is 3.22. The predicted octanol–water partition coefficient (Wildman–Crippen LogP) is 5.59. The first kappa shape index (κ1) is 19.2. The van der Waals surface area contributed by atoms with Gasteiger partial charge in [0.15, 0.2) is 0 Å². The highest BCUT2D eigenvalue weighted by atomic mass is 32.1. The normalized spacial score (nSPS) is 14.0. The van der Waals surface area contributed by atoms with Gasteiger partial charge in [0.1, 0.15) is 22.4 Å². The van der Waals surface area contributed by atoms with E-state index in [1.807, 2.05) is 38.1 Å². The summed E-state index contributed by atoms with van der Waals surface area (Å²) in [5, 5.41) is 20.0. The van der Waals surface area contributed by atoms with E-state index in [1.54, 1.807) is 4.90 Å². The van der Waals surface area contributed by atoms with E-state index in [0.29, 0.717) is 17.2 Å². The first-order chi connectivity index (χ1) is 14.0. The highest BCUT2D eigenvalue weighted by Gasteiger charge is 2.31. The zero-order chi connectivity index (χ0) is 20.5. The summed E-state index contributed by atoms with van der Waals surface area (Å²) < 4.78 is 5.49. The number of amidine groups is 1. The fraction of sp³-hybridized carbons (Fsp3) is 0.217. The van der Waals surface area contributed by atoms with Gasteiger partial charge in [0, 0.05) is 16.1 Å². The molecule has 0 spiro atoms. The third kappa shape index (κ3) is 3.63. The Bertz CT molecular complexity index is 1080. The number of nitrogens with one attached hydrogen (secondary N) is 1. The largest absolute Gasteiger partial charge is 0.510 e. The molecule has 0 fully saturated rings. The lowest BCUT2D eigenvalue weighted by Crippen LogP contribution is -2.25. The monoisotopic (exact) mass is 405 g/mol. The van der Waals surface area contributed by atoms with Crippen molar-refractivity contribution < 1.29 is 9.84 Å². The quantitative estimate of drug-likeness (QED) is 0.580. The number of aliphatic hydroxyl groups is 1. The Labute approximate surface area is 174 Å². The molecule has 1 aliphatic heterocycles. The summed E-state index contributed by atoms with van der Waals surface area (Å²) >= 11 is 1.51. The van der Waals surface area contributed by atoms with Crippen molar-refractivity contribution >= 4 is 28.4 Å². The summed E-state index contributed by atoms with van der Waals surface area (Å²) in [6.45, 7) is 6.90. The number of aliphatic hydroxyl groups excluding tert-OH is 1. The van der Waals surface area contributed by atoms with Gasteiger partial charge >= 0.3 is 0 Å². The van der Waals surface area contributed by atoms with Crippen molar-refractivity contribution in [2.75, 3.05) is 18.1 Å². The number of ether oxygens (including phenoxy) is 1.